The van der Waals surface area contributed by atoms with Gasteiger partial charge in [0.15, 0.2) is 8.32 Å². The minimum Gasteiger partial charge on any atom is -0.496 e. The van der Waals surface area contributed by atoms with E-state index in [0.29, 0.717) is 6.61 Å². The lowest BCUT2D eigenvalue weighted by molar-refractivity contribution is 0.269. The zero-order valence-electron chi connectivity index (χ0n) is 19.2. The first-order chi connectivity index (χ1) is 14.6. The molecule has 1 aromatic carbocycles. The Labute approximate surface area is 195 Å². The molecule has 0 unspecified atom stereocenters. The molecule has 2 aromatic heterocycles. The largest absolute Gasteiger partial charge is 0.496 e. The second kappa shape index (κ2) is 9.36. The predicted molar refractivity (Wildman–Crippen MR) is 132 cm³/mol. The van der Waals surface area contributed by atoms with E-state index in [4.69, 9.17) is 25.7 Å². The number of nitrogens with zero attached hydrogens (tertiary/aromatic N) is 3. The first-order valence-corrected chi connectivity index (χ1v) is 14.5. The van der Waals surface area contributed by atoms with Crippen molar-refractivity contribution in [3.8, 4) is 27.6 Å². The highest BCUT2D eigenvalue weighted by Crippen LogP contribution is 2.40. The number of halogens is 1. The third-order valence-electron chi connectivity index (χ3n) is 5.79. The van der Waals surface area contributed by atoms with Crippen molar-refractivity contribution in [3.05, 3.63) is 46.3 Å². The van der Waals surface area contributed by atoms with Crippen molar-refractivity contribution in [1.29, 1.82) is 0 Å². The molecular formula is C23H30ClN3O2SSi. The summed E-state index contributed by atoms with van der Waals surface area (Å²) < 4.78 is 12.1. The van der Waals surface area contributed by atoms with Crippen molar-refractivity contribution in [2.24, 2.45) is 0 Å². The number of benzene rings is 1. The van der Waals surface area contributed by atoms with Gasteiger partial charge in [-0.15, -0.1) is 11.3 Å². The van der Waals surface area contributed by atoms with E-state index in [1.165, 1.54) is 0 Å². The standard InChI is InChI=1S/C23H30ClN3O2SSi/c1-8-19-27-20(21(30-19)17-11-12-25-22(24)26-17)15-9-10-16(18(13-15)28-5)14-29-31(6,7)23(2,3)4/h9-13H,8,14H2,1-7H3. The predicted octanol–water partition coefficient (Wildman–Crippen LogP) is 7.01. The van der Waals surface area contributed by atoms with E-state index in [0.717, 1.165) is 44.6 Å². The van der Waals surface area contributed by atoms with Gasteiger partial charge in [0, 0.05) is 17.3 Å². The lowest BCUT2D eigenvalue weighted by Gasteiger charge is -2.36. The van der Waals surface area contributed by atoms with Gasteiger partial charge in [-0.1, -0.05) is 39.8 Å². The van der Waals surface area contributed by atoms with Gasteiger partial charge in [0.25, 0.3) is 0 Å². The molecule has 31 heavy (non-hydrogen) atoms. The van der Waals surface area contributed by atoms with Gasteiger partial charge in [0.2, 0.25) is 5.28 Å². The Morgan fingerprint density at radius 1 is 1.13 bits per heavy atom. The van der Waals surface area contributed by atoms with Gasteiger partial charge in [-0.05, 0) is 48.3 Å². The molecule has 0 N–H and O–H groups in total. The van der Waals surface area contributed by atoms with Gasteiger partial charge in [-0.2, -0.15) is 0 Å². The fourth-order valence-corrected chi connectivity index (χ4v) is 4.92. The van der Waals surface area contributed by atoms with E-state index in [1.807, 2.05) is 12.1 Å². The van der Waals surface area contributed by atoms with Crippen LogP contribution in [-0.4, -0.2) is 30.4 Å². The fraction of sp³-hybridized carbons (Fsp3) is 0.435. The van der Waals surface area contributed by atoms with Crippen LogP contribution in [0.2, 0.25) is 23.4 Å². The monoisotopic (exact) mass is 475 g/mol. The molecule has 0 aliphatic heterocycles. The molecule has 2 heterocycles. The topological polar surface area (TPSA) is 57.1 Å². The van der Waals surface area contributed by atoms with Crippen LogP contribution < -0.4 is 4.74 Å². The number of hydrogen-bond donors (Lipinski definition) is 0. The minimum atomic E-state index is -1.85. The van der Waals surface area contributed by atoms with Crippen LogP contribution in [0, 0.1) is 0 Å². The van der Waals surface area contributed by atoms with Crippen LogP contribution >= 0.6 is 22.9 Å². The summed E-state index contributed by atoms with van der Waals surface area (Å²) in [7, 11) is -0.161. The van der Waals surface area contributed by atoms with E-state index >= 15 is 0 Å². The summed E-state index contributed by atoms with van der Waals surface area (Å²) in [5, 5.41) is 1.43. The first kappa shape index (κ1) is 23.9. The average Bonchev–Trinajstić information content (AvgIpc) is 3.16. The SMILES string of the molecule is CCc1nc(-c2ccc(CO[Si](C)(C)C(C)(C)C)c(OC)c2)c(-c2ccnc(Cl)n2)s1. The molecule has 0 atom stereocenters. The summed E-state index contributed by atoms with van der Waals surface area (Å²) in [5.41, 5.74) is 3.67. The first-order valence-electron chi connectivity index (χ1n) is 10.4. The Hall–Kier alpha value is -1.80. The van der Waals surface area contributed by atoms with Crippen LogP contribution in [0.1, 0.15) is 38.3 Å². The third kappa shape index (κ3) is 5.34. The number of hydrogen-bond acceptors (Lipinski definition) is 6. The van der Waals surface area contributed by atoms with Gasteiger partial charge in [0.05, 0.1) is 35.0 Å². The van der Waals surface area contributed by atoms with Crippen molar-refractivity contribution in [2.45, 2.75) is 58.9 Å². The van der Waals surface area contributed by atoms with Crippen LogP contribution in [0.5, 0.6) is 5.75 Å². The van der Waals surface area contributed by atoms with Crippen LogP contribution in [0.3, 0.4) is 0 Å². The lowest BCUT2D eigenvalue weighted by Crippen LogP contribution is -2.40. The zero-order valence-corrected chi connectivity index (χ0v) is 21.8. The maximum Gasteiger partial charge on any atom is 0.222 e. The quantitative estimate of drug-likeness (QED) is 0.271. The molecule has 0 saturated carbocycles. The normalized spacial score (nSPS) is 12.3. The smallest absolute Gasteiger partial charge is 0.222 e. The van der Waals surface area contributed by atoms with Crippen LogP contribution in [-0.2, 0) is 17.5 Å². The van der Waals surface area contributed by atoms with Crippen molar-refractivity contribution in [2.75, 3.05) is 7.11 Å². The highest BCUT2D eigenvalue weighted by Gasteiger charge is 2.37. The number of ether oxygens (including phenoxy) is 1. The molecule has 0 aliphatic rings. The molecule has 0 aliphatic carbocycles. The maximum atomic E-state index is 6.41. The molecule has 8 heteroatoms. The molecular weight excluding hydrogens is 446 g/mol. The Bertz CT molecular complexity index is 1060. The zero-order chi connectivity index (χ0) is 22.8. The molecule has 0 radical (unpaired) electrons. The Balaban J connectivity index is 1.97. The van der Waals surface area contributed by atoms with Crippen molar-refractivity contribution < 1.29 is 9.16 Å². The number of aryl methyl sites for hydroxylation is 1. The van der Waals surface area contributed by atoms with E-state index in [2.05, 4.69) is 62.9 Å². The van der Waals surface area contributed by atoms with Crippen LogP contribution in [0.4, 0.5) is 0 Å². The highest BCUT2D eigenvalue weighted by atomic mass is 35.5. The maximum absolute atomic E-state index is 6.41. The minimum absolute atomic E-state index is 0.158. The molecule has 3 aromatic rings. The Morgan fingerprint density at radius 3 is 2.48 bits per heavy atom. The van der Waals surface area contributed by atoms with Crippen LogP contribution in [0.25, 0.3) is 21.8 Å². The summed E-state index contributed by atoms with van der Waals surface area (Å²) in [5.74, 6) is 0.800. The summed E-state index contributed by atoms with van der Waals surface area (Å²) in [6, 6.07) is 8.04. The van der Waals surface area contributed by atoms with E-state index in [-0.39, 0.29) is 10.3 Å². The molecule has 0 fully saturated rings. The number of methoxy groups -OCH3 is 1. The summed E-state index contributed by atoms with van der Waals surface area (Å²) in [6.45, 7) is 13.9. The van der Waals surface area contributed by atoms with Gasteiger partial charge in [-0.25, -0.2) is 15.0 Å². The van der Waals surface area contributed by atoms with Crippen molar-refractivity contribution >= 4 is 31.3 Å². The molecule has 3 rings (SSSR count). The summed E-state index contributed by atoms with van der Waals surface area (Å²) in [6.07, 6.45) is 2.52. The lowest BCUT2D eigenvalue weighted by atomic mass is 10.1. The van der Waals surface area contributed by atoms with E-state index in [1.54, 1.807) is 24.6 Å². The molecule has 0 spiro atoms. The van der Waals surface area contributed by atoms with E-state index < -0.39 is 8.32 Å². The number of rotatable bonds is 7. The third-order valence-corrected chi connectivity index (χ3v) is 11.7. The Morgan fingerprint density at radius 2 is 1.87 bits per heavy atom. The van der Waals surface area contributed by atoms with E-state index in [9.17, 15) is 0 Å². The van der Waals surface area contributed by atoms with Crippen LogP contribution in [0.15, 0.2) is 30.5 Å². The second-order valence-electron chi connectivity index (χ2n) is 8.93. The second-order valence-corrected chi connectivity index (χ2v) is 15.2. The Kier molecular flexibility index (Phi) is 7.20. The van der Waals surface area contributed by atoms with Crippen molar-refractivity contribution in [1.82, 2.24) is 15.0 Å². The van der Waals surface area contributed by atoms with Gasteiger partial charge in [0.1, 0.15) is 5.75 Å². The highest BCUT2D eigenvalue weighted by molar-refractivity contribution is 7.15. The molecule has 0 saturated heterocycles. The average molecular weight is 476 g/mol. The molecule has 5 nitrogen and oxygen atoms in total. The van der Waals surface area contributed by atoms with Gasteiger partial charge < -0.3 is 9.16 Å². The summed E-state index contributed by atoms with van der Waals surface area (Å²) in [4.78, 5) is 14.2. The molecule has 0 amide bonds. The number of thiazole rings is 1. The fourth-order valence-electron chi connectivity index (χ4n) is 2.83. The van der Waals surface area contributed by atoms with Gasteiger partial charge >= 0.3 is 0 Å². The van der Waals surface area contributed by atoms with Gasteiger partial charge in [-0.3, -0.25) is 0 Å². The summed E-state index contributed by atoms with van der Waals surface area (Å²) >= 11 is 7.67. The van der Waals surface area contributed by atoms with Crippen molar-refractivity contribution in [3.63, 3.8) is 0 Å². The molecule has 0 bridgehead atoms. The molecule has 166 valence electrons. The number of aromatic nitrogens is 3.